The second kappa shape index (κ2) is 5.22. The summed E-state index contributed by atoms with van der Waals surface area (Å²) >= 11 is 0. The van der Waals surface area contributed by atoms with Crippen LogP contribution in [0.25, 0.3) is 0 Å². The van der Waals surface area contributed by atoms with E-state index in [1.807, 2.05) is 0 Å². The van der Waals surface area contributed by atoms with Gasteiger partial charge in [-0.15, -0.1) is 0 Å². The highest BCUT2D eigenvalue weighted by molar-refractivity contribution is 5.73. The molecule has 0 spiro atoms. The van der Waals surface area contributed by atoms with Gasteiger partial charge in [-0.25, -0.2) is 0 Å². The Balaban J connectivity index is 2.48. The molecule has 0 aromatic rings. The van der Waals surface area contributed by atoms with Crippen LogP contribution < -0.4 is 0 Å². The van der Waals surface area contributed by atoms with Crippen molar-refractivity contribution in [2.24, 2.45) is 5.92 Å². The zero-order valence-electron chi connectivity index (χ0n) is 8.16. The summed E-state index contributed by atoms with van der Waals surface area (Å²) in [4.78, 5) is 11.4. The lowest BCUT2D eigenvalue weighted by Gasteiger charge is -2.17. The minimum absolute atomic E-state index is 0.225. The highest BCUT2D eigenvalue weighted by Gasteiger charge is 2.28. The van der Waals surface area contributed by atoms with Crippen LogP contribution in [0.2, 0.25) is 0 Å². The van der Waals surface area contributed by atoms with E-state index in [0.717, 1.165) is 32.1 Å². The summed E-state index contributed by atoms with van der Waals surface area (Å²) in [6.07, 6.45) is 4.20. The fraction of sp³-hybridized carbons (Fsp3) is 0.900. The maximum absolute atomic E-state index is 11.4. The lowest BCUT2D eigenvalue weighted by Crippen LogP contribution is -2.28. The molecule has 0 amide bonds. The summed E-state index contributed by atoms with van der Waals surface area (Å²) < 4.78 is 4.91. The highest BCUT2D eigenvalue weighted by Crippen LogP contribution is 2.24. The number of hydrogen-bond acceptors (Lipinski definition) is 3. The number of ether oxygens (including phenoxy) is 1. The third-order valence-electron chi connectivity index (χ3n) is 2.57. The number of carbonyl (C=O) groups excluding carboxylic acids is 1. The second-order valence-corrected chi connectivity index (χ2v) is 3.56. The standard InChI is InChI=1S/C10H18O3/c1-2-13-10(12)8-6-4-3-5-7-9(8)11/h8-9,11H,2-7H2,1H3. The molecule has 0 aromatic carbocycles. The van der Waals surface area contributed by atoms with Crippen LogP contribution in [0.1, 0.15) is 39.0 Å². The van der Waals surface area contributed by atoms with Crippen molar-refractivity contribution in [1.29, 1.82) is 0 Å². The smallest absolute Gasteiger partial charge is 0.311 e. The van der Waals surface area contributed by atoms with Crippen LogP contribution in [0.4, 0.5) is 0 Å². The van der Waals surface area contributed by atoms with E-state index in [-0.39, 0.29) is 11.9 Å². The molecule has 1 rings (SSSR count). The van der Waals surface area contributed by atoms with Gasteiger partial charge in [0.05, 0.1) is 18.6 Å². The molecule has 0 saturated heterocycles. The van der Waals surface area contributed by atoms with Crippen LogP contribution in [-0.2, 0) is 9.53 Å². The predicted octanol–water partition coefficient (Wildman–Crippen LogP) is 1.49. The van der Waals surface area contributed by atoms with E-state index in [1.165, 1.54) is 0 Å². The van der Waals surface area contributed by atoms with Gasteiger partial charge < -0.3 is 9.84 Å². The summed E-state index contributed by atoms with van der Waals surface area (Å²) in [5, 5.41) is 9.65. The number of aliphatic hydroxyl groups is 1. The first kappa shape index (κ1) is 10.5. The van der Waals surface area contributed by atoms with Crippen molar-refractivity contribution >= 4 is 5.97 Å². The van der Waals surface area contributed by atoms with Gasteiger partial charge in [-0.05, 0) is 19.8 Å². The predicted molar refractivity (Wildman–Crippen MR) is 49.2 cm³/mol. The van der Waals surface area contributed by atoms with Crippen LogP contribution in [0.5, 0.6) is 0 Å². The summed E-state index contributed by atoms with van der Waals surface area (Å²) in [5.41, 5.74) is 0. The van der Waals surface area contributed by atoms with Crippen LogP contribution in [0.3, 0.4) is 0 Å². The zero-order valence-corrected chi connectivity index (χ0v) is 8.16. The molecule has 76 valence electrons. The van der Waals surface area contributed by atoms with Crippen LogP contribution >= 0.6 is 0 Å². The normalized spacial score (nSPS) is 29.4. The van der Waals surface area contributed by atoms with Crippen molar-refractivity contribution in [3.63, 3.8) is 0 Å². The minimum atomic E-state index is -0.485. The molecule has 1 aliphatic carbocycles. The first-order valence-corrected chi connectivity index (χ1v) is 5.10. The molecule has 13 heavy (non-hydrogen) atoms. The maximum Gasteiger partial charge on any atom is 0.311 e. The quantitative estimate of drug-likeness (QED) is 0.525. The van der Waals surface area contributed by atoms with E-state index in [1.54, 1.807) is 6.92 Å². The van der Waals surface area contributed by atoms with Crippen molar-refractivity contribution in [1.82, 2.24) is 0 Å². The molecular formula is C10H18O3. The van der Waals surface area contributed by atoms with Crippen LogP contribution in [-0.4, -0.2) is 23.8 Å². The van der Waals surface area contributed by atoms with Crippen molar-refractivity contribution in [3.8, 4) is 0 Å². The first-order valence-electron chi connectivity index (χ1n) is 5.10. The Morgan fingerprint density at radius 3 is 2.77 bits per heavy atom. The molecule has 1 saturated carbocycles. The third-order valence-corrected chi connectivity index (χ3v) is 2.57. The van der Waals surface area contributed by atoms with Gasteiger partial charge in [0, 0.05) is 0 Å². The molecule has 3 nitrogen and oxygen atoms in total. The molecule has 0 heterocycles. The van der Waals surface area contributed by atoms with Crippen LogP contribution in [0, 0.1) is 5.92 Å². The van der Waals surface area contributed by atoms with Gasteiger partial charge in [0.2, 0.25) is 0 Å². The van der Waals surface area contributed by atoms with Gasteiger partial charge in [-0.1, -0.05) is 19.3 Å². The summed E-state index contributed by atoms with van der Waals surface area (Å²) in [6, 6.07) is 0. The third kappa shape index (κ3) is 2.99. The average molecular weight is 186 g/mol. The molecule has 0 bridgehead atoms. The number of esters is 1. The van der Waals surface area contributed by atoms with Gasteiger partial charge in [0.15, 0.2) is 0 Å². The zero-order chi connectivity index (χ0) is 9.68. The maximum atomic E-state index is 11.4. The Bertz CT molecular complexity index is 168. The highest BCUT2D eigenvalue weighted by atomic mass is 16.5. The monoisotopic (exact) mass is 186 g/mol. The molecule has 1 aliphatic rings. The van der Waals surface area contributed by atoms with Crippen LogP contribution in [0.15, 0.2) is 0 Å². The van der Waals surface area contributed by atoms with Crippen molar-refractivity contribution in [3.05, 3.63) is 0 Å². The van der Waals surface area contributed by atoms with E-state index < -0.39 is 6.10 Å². The molecule has 1 fully saturated rings. The van der Waals surface area contributed by atoms with Gasteiger partial charge in [-0.3, -0.25) is 4.79 Å². The van der Waals surface area contributed by atoms with E-state index in [0.29, 0.717) is 6.61 Å². The topological polar surface area (TPSA) is 46.5 Å². The Kier molecular flexibility index (Phi) is 4.22. The van der Waals surface area contributed by atoms with Gasteiger partial charge in [0.1, 0.15) is 0 Å². The minimum Gasteiger partial charge on any atom is -0.466 e. The molecule has 0 radical (unpaired) electrons. The van der Waals surface area contributed by atoms with Crippen molar-refractivity contribution in [2.75, 3.05) is 6.61 Å². The molecular weight excluding hydrogens is 168 g/mol. The summed E-state index contributed by atoms with van der Waals surface area (Å²) in [5.74, 6) is -0.501. The Hall–Kier alpha value is -0.570. The van der Waals surface area contributed by atoms with Gasteiger partial charge >= 0.3 is 5.97 Å². The lowest BCUT2D eigenvalue weighted by molar-refractivity contribution is -0.152. The SMILES string of the molecule is CCOC(=O)C1CCCCCC1O. The molecule has 0 aliphatic heterocycles. The van der Waals surface area contributed by atoms with E-state index in [9.17, 15) is 9.90 Å². The van der Waals surface area contributed by atoms with Crippen molar-refractivity contribution in [2.45, 2.75) is 45.1 Å². The fourth-order valence-electron chi connectivity index (χ4n) is 1.81. The molecule has 0 aromatic heterocycles. The van der Waals surface area contributed by atoms with Gasteiger partial charge in [0.25, 0.3) is 0 Å². The molecule has 1 N–H and O–H groups in total. The lowest BCUT2D eigenvalue weighted by atomic mass is 9.98. The largest absolute Gasteiger partial charge is 0.466 e. The molecule has 2 atom stereocenters. The fourth-order valence-corrected chi connectivity index (χ4v) is 1.81. The average Bonchev–Trinajstić information content (AvgIpc) is 2.30. The Morgan fingerprint density at radius 2 is 2.08 bits per heavy atom. The Morgan fingerprint density at radius 1 is 1.38 bits per heavy atom. The summed E-state index contributed by atoms with van der Waals surface area (Å²) in [7, 11) is 0. The number of carbonyl (C=O) groups is 1. The number of hydrogen-bond donors (Lipinski definition) is 1. The van der Waals surface area contributed by atoms with E-state index in [2.05, 4.69) is 0 Å². The number of rotatable bonds is 2. The summed E-state index contributed by atoms with van der Waals surface area (Å²) in [6.45, 7) is 2.20. The van der Waals surface area contributed by atoms with E-state index in [4.69, 9.17) is 4.74 Å². The molecule has 3 heteroatoms. The second-order valence-electron chi connectivity index (χ2n) is 3.56. The van der Waals surface area contributed by atoms with E-state index >= 15 is 0 Å². The Labute approximate surface area is 79.1 Å². The first-order chi connectivity index (χ1) is 6.25. The molecule has 2 unspecified atom stereocenters. The van der Waals surface area contributed by atoms with Crippen molar-refractivity contribution < 1.29 is 14.6 Å². The number of aliphatic hydroxyl groups excluding tert-OH is 1. The van der Waals surface area contributed by atoms with Gasteiger partial charge in [-0.2, -0.15) is 0 Å².